The van der Waals surface area contributed by atoms with Crippen LogP contribution < -0.4 is 16.4 Å². The van der Waals surface area contributed by atoms with Gasteiger partial charge in [-0.05, 0) is 41.7 Å². The van der Waals surface area contributed by atoms with Gasteiger partial charge in [0.2, 0.25) is 5.91 Å². The molecule has 1 saturated heterocycles. The van der Waals surface area contributed by atoms with Crippen LogP contribution in [0.25, 0.3) is 0 Å². The molecule has 0 radical (unpaired) electrons. The Hall–Kier alpha value is -2.77. The largest absolute Gasteiger partial charge is 0.480 e. The minimum absolute atomic E-state index is 0.0902. The molecule has 0 aromatic heterocycles. The highest BCUT2D eigenvalue weighted by molar-refractivity contribution is 9.10. The summed E-state index contributed by atoms with van der Waals surface area (Å²) in [6.45, 7) is 3.98. The molecule has 0 bridgehead atoms. The van der Waals surface area contributed by atoms with E-state index in [1.165, 1.54) is 16.7 Å². The second kappa shape index (κ2) is 13.5. The van der Waals surface area contributed by atoms with E-state index in [0.29, 0.717) is 29.6 Å². The molecule has 212 valence electrons. The van der Waals surface area contributed by atoms with Crippen molar-refractivity contribution in [2.45, 2.75) is 50.7 Å². The molecule has 1 fully saturated rings. The van der Waals surface area contributed by atoms with Crippen molar-refractivity contribution in [3.8, 4) is 0 Å². The normalized spacial score (nSPS) is 16.7. The van der Waals surface area contributed by atoms with Crippen LogP contribution in [0.3, 0.4) is 0 Å². The van der Waals surface area contributed by atoms with Gasteiger partial charge in [-0.1, -0.05) is 35.8 Å². The number of nitrogens with two attached hydrogens (primary N) is 1. The lowest BCUT2D eigenvalue weighted by Gasteiger charge is -2.25. The standard InChI is InChI=1S/C26H30BrF3N4O4S/c1-13(2)23(26(37)38)33-21-9-16(27)4-3-14(21)12-32-24(36)25-34(5-6-39-25)22(35)10-17(31)7-15-8-19(29)20(30)11-18(15)28/h3-4,8-9,11,13,17,23,25,33H,5-7,10,12,31H2,1-2H3,(H,32,36)(H,37,38)/t17-,23+,25+/m1/s1. The topological polar surface area (TPSA) is 125 Å². The van der Waals surface area contributed by atoms with Gasteiger partial charge in [0, 0.05) is 47.5 Å². The number of hydrogen-bond acceptors (Lipinski definition) is 6. The number of anilines is 1. The van der Waals surface area contributed by atoms with Gasteiger partial charge >= 0.3 is 5.97 Å². The van der Waals surface area contributed by atoms with Gasteiger partial charge in [-0.15, -0.1) is 11.8 Å². The van der Waals surface area contributed by atoms with E-state index in [9.17, 15) is 32.7 Å². The van der Waals surface area contributed by atoms with Crippen molar-refractivity contribution in [3.63, 3.8) is 0 Å². The molecular formula is C26H30BrF3N4O4S. The molecule has 0 saturated carbocycles. The molecule has 2 aromatic rings. The summed E-state index contributed by atoms with van der Waals surface area (Å²) >= 11 is 4.66. The maximum Gasteiger partial charge on any atom is 0.326 e. The summed E-state index contributed by atoms with van der Waals surface area (Å²) in [4.78, 5) is 39.0. The zero-order valence-corrected chi connectivity index (χ0v) is 23.8. The number of carboxylic acids is 1. The van der Waals surface area contributed by atoms with Gasteiger partial charge in [-0.2, -0.15) is 0 Å². The Kier molecular flexibility index (Phi) is 10.7. The van der Waals surface area contributed by atoms with Crippen molar-refractivity contribution in [1.82, 2.24) is 10.2 Å². The number of carbonyl (C=O) groups excluding carboxylic acids is 2. The molecule has 2 amide bonds. The molecule has 1 heterocycles. The number of aliphatic carboxylic acids is 1. The van der Waals surface area contributed by atoms with Crippen LogP contribution >= 0.6 is 27.7 Å². The Balaban J connectivity index is 1.62. The number of nitrogens with zero attached hydrogens (tertiary/aromatic N) is 1. The van der Waals surface area contributed by atoms with Crippen molar-refractivity contribution in [2.75, 3.05) is 17.6 Å². The van der Waals surface area contributed by atoms with Crippen LogP contribution in [0.5, 0.6) is 0 Å². The Bertz CT molecular complexity index is 1240. The van der Waals surface area contributed by atoms with Crippen molar-refractivity contribution in [3.05, 3.63) is 63.4 Å². The molecule has 1 aliphatic heterocycles. The number of nitrogens with one attached hydrogen (secondary N) is 2. The molecule has 3 atom stereocenters. The van der Waals surface area contributed by atoms with Crippen LogP contribution in [0, 0.1) is 23.4 Å². The summed E-state index contributed by atoms with van der Waals surface area (Å²) in [5.41, 5.74) is 7.08. The molecular weight excluding hydrogens is 601 g/mol. The van der Waals surface area contributed by atoms with E-state index in [0.717, 1.165) is 10.5 Å². The lowest BCUT2D eigenvalue weighted by molar-refractivity contribution is -0.138. The number of rotatable bonds is 11. The monoisotopic (exact) mass is 630 g/mol. The third kappa shape index (κ3) is 8.12. The number of carboxylic acid groups (broad SMARTS) is 1. The van der Waals surface area contributed by atoms with Gasteiger partial charge in [0.1, 0.15) is 11.9 Å². The van der Waals surface area contributed by atoms with Crippen LogP contribution in [0.2, 0.25) is 0 Å². The average Bonchev–Trinajstić information content (AvgIpc) is 3.35. The second-order valence-electron chi connectivity index (χ2n) is 9.56. The SMILES string of the molecule is CC(C)[C@H](Nc1cc(Br)ccc1CNC(=O)[C@@H]1SCCN1C(=O)C[C@H](N)Cc1cc(F)c(F)cc1F)C(=O)O. The number of hydrogen-bond donors (Lipinski definition) is 4. The smallest absolute Gasteiger partial charge is 0.326 e. The van der Waals surface area contributed by atoms with Gasteiger partial charge < -0.3 is 26.4 Å². The summed E-state index contributed by atoms with van der Waals surface area (Å²) < 4.78 is 41.4. The van der Waals surface area contributed by atoms with Crippen LogP contribution in [0.15, 0.2) is 34.8 Å². The summed E-state index contributed by atoms with van der Waals surface area (Å²) in [5, 5.41) is 14.6. The van der Waals surface area contributed by atoms with Gasteiger partial charge in [0.15, 0.2) is 17.0 Å². The molecule has 2 aromatic carbocycles. The zero-order chi connectivity index (χ0) is 28.9. The van der Waals surface area contributed by atoms with Gasteiger partial charge in [0.25, 0.3) is 5.91 Å². The minimum Gasteiger partial charge on any atom is -0.480 e. The lowest BCUT2D eigenvalue weighted by Crippen LogP contribution is -2.46. The van der Waals surface area contributed by atoms with Crippen molar-refractivity contribution < 1.29 is 32.7 Å². The summed E-state index contributed by atoms with van der Waals surface area (Å²) in [6.07, 6.45) is -0.394. The van der Waals surface area contributed by atoms with Crippen molar-refractivity contribution in [1.29, 1.82) is 0 Å². The Morgan fingerprint density at radius 3 is 2.49 bits per heavy atom. The van der Waals surface area contributed by atoms with Crippen LogP contribution in [-0.4, -0.2) is 57.5 Å². The van der Waals surface area contributed by atoms with Gasteiger partial charge in [-0.3, -0.25) is 9.59 Å². The number of thioether (sulfide) groups is 1. The summed E-state index contributed by atoms with van der Waals surface area (Å²) in [6, 6.07) is 4.72. The predicted octanol–water partition coefficient (Wildman–Crippen LogP) is 3.87. The molecule has 0 spiro atoms. The van der Waals surface area contributed by atoms with Crippen LogP contribution in [0.4, 0.5) is 18.9 Å². The van der Waals surface area contributed by atoms with Crippen molar-refractivity contribution >= 4 is 51.2 Å². The van der Waals surface area contributed by atoms with E-state index < -0.39 is 52.7 Å². The summed E-state index contributed by atoms with van der Waals surface area (Å²) in [5.74, 6) is -4.94. The van der Waals surface area contributed by atoms with Gasteiger partial charge in [0.05, 0.1) is 0 Å². The Morgan fingerprint density at radius 2 is 1.82 bits per heavy atom. The first-order valence-corrected chi connectivity index (χ1v) is 14.1. The Labute approximate surface area is 237 Å². The predicted molar refractivity (Wildman–Crippen MR) is 146 cm³/mol. The highest BCUT2D eigenvalue weighted by Gasteiger charge is 2.35. The number of halogens is 4. The maximum absolute atomic E-state index is 14.0. The minimum atomic E-state index is -1.31. The van der Waals surface area contributed by atoms with E-state index in [1.54, 1.807) is 32.0 Å². The van der Waals surface area contributed by atoms with Crippen molar-refractivity contribution in [2.24, 2.45) is 11.7 Å². The molecule has 3 rings (SSSR count). The van der Waals surface area contributed by atoms with E-state index in [-0.39, 0.29) is 30.9 Å². The molecule has 1 aliphatic rings. The van der Waals surface area contributed by atoms with Gasteiger partial charge in [-0.25, -0.2) is 18.0 Å². The molecule has 5 N–H and O–H groups in total. The molecule has 39 heavy (non-hydrogen) atoms. The average molecular weight is 632 g/mol. The maximum atomic E-state index is 14.0. The fourth-order valence-electron chi connectivity index (χ4n) is 4.15. The number of amides is 2. The third-order valence-corrected chi connectivity index (χ3v) is 7.91. The Morgan fingerprint density at radius 1 is 1.13 bits per heavy atom. The first-order valence-electron chi connectivity index (χ1n) is 12.2. The first kappa shape index (κ1) is 30.8. The second-order valence-corrected chi connectivity index (χ2v) is 11.7. The van der Waals surface area contributed by atoms with Crippen LogP contribution in [0.1, 0.15) is 31.4 Å². The molecule has 0 unspecified atom stereocenters. The fraction of sp³-hybridized carbons (Fsp3) is 0.423. The summed E-state index contributed by atoms with van der Waals surface area (Å²) in [7, 11) is 0. The molecule has 8 nitrogen and oxygen atoms in total. The van der Waals surface area contributed by atoms with E-state index in [1.807, 2.05) is 0 Å². The third-order valence-electron chi connectivity index (χ3n) is 6.21. The molecule has 0 aliphatic carbocycles. The number of benzene rings is 2. The highest BCUT2D eigenvalue weighted by Crippen LogP contribution is 2.27. The van der Waals surface area contributed by atoms with E-state index in [2.05, 4.69) is 26.6 Å². The van der Waals surface area contributed by atoms with E-state index in [4.69, 9.17) is 5.73 Å². The zero-order valence-electron chi connectivity index (χ0n) is 21.3. The van der Waals surface area contributed by atoms with E-state index >= 15 is 0 Å². The first-order chi connectivity index (χ1) is 18.4. The quantitative estimate of drug-likeness (QED) is 0.278. The molecule has 13 heteroatoms. The fourth-order valence-corrected chi connectivity index (χ4v) is 5.67. The number of carbonyl (C=O) groups is 3. The van der Waals surface area contributed by atoms with Crippen LogP contribution in [-0.2, 0) is 27.3 Å². The lowest BCUT2D eigenvalue weighted by atomic mass is 10.0. The highest BCUT2D eigenvalue weighted by atomic mass is 79.9.